The van der Waals surface area contributed by atoms with Gasteiger partial charge in [-0.05, 0) is 131 Å². The zero-order chi connectivity index (χ0) is 40.7. The second kappa shape index (κ2) is 21.4. The van der Waals surface area contributed by atoms with Gasteiger partial charge in [-0.1, -0.05) is 77.0 Å². The van der Waals surface area contributed by atoms with E-state index in [1.54, 1.807) is 14.2 Å². The van der Waals surface area contributed by atoms with Gasteiger partial charge in [-0.15, -0.1) is 0 Å². The van der Waals surface area contributed by atoms with Gasteiger partial charge in [0, 0.05) is 34.3 Å². The van der Waals surface area contributed by atoms with Crippen molar-refractivity contribution < 1.29 is 28.9 Å². The molecule has 2 aliphatic carbocycles. The van der Waals surface area contributed by atoms with Crippen LogP contribution < -0.4 is 10.6 Å². The SMILES string of the molecule is C.CCc1cc(C)cc(Br)c1C1=C(O)C2(CCC(OC)CC2)NC1=O.CCc1cc(C)cc(Br)c1C1=C(OC(=S)SC)C2(CCC(OC)CC2)NC1=O.S=[C+]S. The van der Waals surface area contributed by atoms with E-state index in [0.717, 1.165) is 93.7 Å². The van der Waals surface area contributed by atoms with Gasteiger partial charge in [0.15, 0.2) is 12.6 Å². The predicted octanol–water partition coefficient (Wildman–Crippen LogP) is 10.6. The van der Waals surface area contributed by atoms with Crippen molar-refractivity contribution in [2.75, 3.05) is 20.5 Å². The smallest absolute Gasteiger partial charge is 0.401 e. The molecule has 2 saturated carbocycles. The van der Waals surface area contributed by atoms with E-state index in [2.05, 4.69) is 100 Å². The number of thiol groups is 1. The van der Waals surface area contributed by atoms with E-state index in [1.807, 2.05) is 30.0 Å². The van der Waals surface area contributed by atoms with Crippen LogP contribution in [0.5, 0.6) is 0 Å². The molecule has 0 aromatic heterocycles. The number of thiocarbonyl (C=S) groups is 2. The molecule has 2 aromatic rings. The summed E-state index contributed by atoms with van der Waals surface area (Å²) in [5, 5.41) is 17.3. The minimum Gasteiger partial charge on any atom is -0.509 e. The molecule has 8 nitrogen and oxygen atoms in total. The summed E-state index contributed by atoms with van der Waals surface area (Å²) in [5.74, 6) is 0.601. The molecule has 2 aromatic carbocycles. The first kappa shape index (κ1) is 48.5. The van der Waals surface area contributed by atoms with Gasteiger partial charge < -0.3 is 30.0 Å². The third-order valence-corrected chi connectivity index (χ3v) is 13.2. The number of aryl methyl sites for hydroxylation is 4. The van der Waals surface area contributed by atoms with E-state index < -0.39 is 11.1 Å². The Morgan fingerprint density at radius 2 is 1.25 bits per heavy atom. The molecule has 0 atom stereocenters. The van der Waals surface area contributed by atoms with Gasteiger partial charge in [-0.3, -0.25) is 9.59 Å². The lowest BCUT2D eigenvalue weighted by Crippen LogP contribution is -2.49. The highest BCUT2D eigenvalue weighted by Gasteiger charge is 2.51. The van der Waals surface area contributed by atoms with Crippen molar-refractivity contribution >= 4 is 113 Å². The summed E-state index contributed by atoms with van der Waals surface area (Å²) in [6, 6.07) is 8.26. The number of nitrogens with one attached hydrogen (secondary N) is 2. The lowest BCUT2D eigenvalue weighted by molar-refractivity contribution is -0.117. The molecule has 0 bridgehead atoms. The molecule has 306 valence electrons. The van der Waals surface area contributed by atoms with Gasteiger partial charge in [-0.25, -0.2) is 0 Å². The maximum atomic E-state index is 13.2. The molecular weight excluding hydrogens is 917 g/mol. The highest BCUT2D eigenvalue weighted by molar-refractivity contribution is 9.10. The first-order chi connectivity index (χ1) is 26.2. The lowest BCUT2D eigenvalue weighted by atomic mass is 9.79. The fraction of sp³-hybridized carbons (Fsp3) is 0.524. The summed E-state index contributed by atoms with van der Waals surface area (Å²) < 4.78 is 21.4. The summed E-state index contributed by atoms with van der Waals surface area (Å²) in [6.07, 6.45) is 10.3. The molecular formula is C42H55Br2N2O6S4+. The highest BCUT2D eigenvalue weighted by Crippen LogP contribution is 2.47. The minimum absolute atomic E-state index is 0. The topological polar surface area (TPSA) is 106 Å². The van der Waals surface area contributed by atoms with Crippen molar-refractivity contribution in [2.45, 2.75) is 123 Å². The third-order valence-electron chi connectivity index (χ3n) is 11.0. The average Bonchev–Trinajstić information content (AvgIpc) is 3.55. The first-order valence-electron chi connectivity index (χ1n) is 18.4. The van der Waals surface area contributed by atoms with E-state index in [1.165, 1.54) is 11.8 Å². The monoisotopic (exact) mass is 969 g/mol. The number of carbonyl (C=O) groups is 2. The van der Waals surface area contributed by atoms with Crippen molar-refractivity contribution in [2.24, 2.45) is 0 Å². The van der Waals surface area contributed by atoms with Crippen molar-refractivity contribution in [3.05, 3.63) is 78.1 Å². The van der Waals surface area contributed by atoms with Crippen LogP contribution in [0.1, 0.15) is 106 Å². The molecule has 14 heteroatoms. The predicted molar refractivity (Wildman–Crippen MR) is 249 cm³/mol. The normalized spacial score (nSPS) is 24.0. The van der Waals surface area contributed by atoms with Crippen molar-refractivity contribution in [3.8, 4) is 0 Å². The number of hydrogen-bond donors (Lipinski definition) is 4. The number of thioether (sulfide) groups is 1. The number of halogens is 2. The molecule has 2 amide bonds. The number of benzene rings is 2. The Morgan fingerprint density at radius 1 is 0.857 bits per heavy atom. The molecule has 2 spiro atoms. The summed E-state index contributed by atoms with van der Waals surface area (Å²) in [7, 11) is 3.46. The number of carbonyl (C=O) groups excluding carboxylic acids is 2. The zero-order valence-electron chi connectivity index (χ0n) is 32.5. The molecule has 0 saturated heterocycles. The Morgan fingerprint density at radius 3 is 1.66 bits per heavy atom. The molecule has 2 heterocycles. The fourth-order valence-corrected chi connectivity index (χ4v) is 10.1. The quantitative estimate of drug-likeness (QED) is 0.123. The number of amides is 2. The first-order valence-corrected chi connectivity index (χ1v) is 22.5. The maximum Gasteiger partial charge on any atom is 0.401 e. The van der Waals surface area contributed by atoms with Crippen LogP contribution in [-0.4, -0.2) is 69.8 Å². The summed E-state index contributed by atoms with van der Waals surface area (Å²) in [5.41, 5.74) is 6.11. The van der Waals surface area contributed by atoms with Gasteiger partial charge in [0.1, 0.15) is 11.5 Å². The molecule has 2 fully saturated rings. The average molecular weight is 972 g/mol. The Bertz CT molecular complexity index is 1850. The summed E-state index contributed by atoms with van der Waals surface area (Å²) in [6.45, 7) is 8.26. The number of hydrogen-bond acceptors (Lipinski definition) is 9. The Labute approximate surface area is 370 Å². The Hall–Kier alpha value is -1.87. The highest BCUT2D eigenvalue weighted by atomic mass is 79.9. The van der Waals surface area contributed by atoms with Crippen LogP contribution >= 0.6 is 80.7 Å². The third kappa shape index (κ3) is 10.5. The molecule has 56 heavy (non-hydrogen) atoms. The van der Waals surface area contributed by atoms with Gasteiger partial charge in [0.2, 0.25) is 4.38 Å². The van der Waals surface area contributed by atoms with Crippen molar-refractivity contribution in [1.29, 1.82) is 0 Å². The summed E-state index contributed by atoms with van der Waals surface area (Å²) in [4.78, 5) is 26.0. The van der Waals surface area contributed by atoms with Crippen LogP contribution in [0.4, 0.5) is 0 Å². The largest absolute Gasteiger partial charge is 0.509 e. The molecule has 4 aliphatic rings. The van der Waals surface area contributed by atoms with E-state index >= 15 is 0 Å². The number of rotatable bonds is 7. The van der Waals surface area contributed by atoms with E-state index in [-0.39, 0.29) is 37.2 Å². The van der Waals surface area contributed by atoms with Gasteiger partial charge in [0.25, 0.3) is 24.0 Å². The number of ether oxygens (including phenoxy) is 3. The van der Waals surface area contributed by atoms with Crippen LogP contribution in [0.25, 0.3) is 11.1 Å². The van der Waals surface area contributed by atoms with Crippen molar-refractivity contribution in [1.82, 2.24) is 10.6 Å². The van der Waals surface area contributed by atoms with Crippen molar-refractivity contribution in [3.63, 3.8) is 0 Å². The maximum absolute atomic E-state index is 13.2. The Kier molecular flexibility index (Phi) is 18.5. The molecule has 0 radical (unpaired) electrons. The second-order valence-corrected chi connectivity index (χ2v) is 18.1. The van der Waals surface area contributed by atoms with E-state index in [0.29, 0.717) is 34.1 Å². The van der Waals surface area contributed by atoms with Gasteiger partial charge >= 0.3 is 4.70 Å². The van der Waals surface area contributed by atoms with Crippen LogP contribution in [-0.2, 0) is 36.6 Å². The lowest BCUT2D eigenvalue weighted by Gasteiger charge is -2.38. The molecule has 2 aliphatic heterocycles. The van der Waals surface area contributed by atoms with E-state index in [9.17, 15) is 14.7 Å². The number of methoxy groups -OCH3 is 2. The minimum atomic E-state index is -0.628. The van der Waals surface area contributed by atoms with Crippen LogP contribution in [0.3, 0.4) is 0 Å². The second-order valence-electron chi connectivity index (χ2n) is 14.3. The van der Waals surface area contributed by atoms with Gasteiger partial charge in [-0.2, -0.15) is 0 Å². The number of aliphatic hydroxyl groups excluding tert-OH is 1. The summed E-state index contributed by atoms with van der Waals surface area (Å²) >= 11 is 21.4. The van der Waals surface area contributed by atoms with Crippen LogP contribution in [0.2, 0.25) is 0 Å². The zero-order valence-corrected chi connectivity index (χ0v) is 39.0. The van der Waals surface area contributed by atoms with Gasteiger partial charge in [0.05, 0.1) is 34.4 Å². The van der Waals surface area contributed by atoms with E-state index in [4.69, 9.17) is 26.4 Å². The Balaban J connectivity index is 0.000000279. The van der Waals surface area contributed by atoms with Crippen LogP contribution in [0, 0.1) is 13.8 Å². The molecule has 3 N–H and O–H groups in total. The fourth-order valence-electron chi connectivity index (χ4n) is 8.20. The molecule has 0 unspecified atom stereocenters. The number of aliphatic hydroxyl groups is 1. The molecule has 6 rings (SSSR count). The van der Waals surface area contributed by atoms with Crippen LogP contribution in [0.15, 0.2) is 44.7 Å². The standard InChI is InChI=1S/C21H26BrNO3S2.C19H24BrNO3.CHS2.CH4/c1-5-13-10-12(2)11-15(22)16(13)17-18(26-20(27)28-4)21(23-19(17)24)8-6-14(25-3)7-9-21;1-4-12-9-11(2)10-14(20)15(12)16-17(22)19(21-18(16)23)7-5-13(24-3)6-8-19;2-1-3;/h10-11,14H,5-9H2,1-4H3,(H,23,24);9-10,13,22H,4-8H2,1-3H3,(H,21,23);(H,2,3);1H4/q;;+1;.